The lowest BCUT2D eigenvalue weighted by molar-refractivity contribution is 0.0999. The van der Waals surface area contributed by atoms with Gasteiger partial charge in [-0.25, -0.2) is 4.98 Å². The van der Waals surface area contributed by atoms with Gasteiger partial charge in [-0.3, -0.25) is 0 Å². The van der Waals surface area contributed by atoms with Crippen LogP contribution in [0.15, 0.2) is 5.51 Å². The van der Waals surface area contributed by atoms with Crippen LogP contribution >= 0.6 is 11.3 Å². The molecule has 1 aromatic heterocycles. The van der Waals surface area contributed by atoms with E-state index in [1.54, 1.807) is 11.3 Å². The van der Waals surface area contributed by atoms with Crippen LogP contribution in [-0.4, -0.2) is 16.2 Å². The monoisotopic (exact) mass is 239 g/mol. The molecule has 0 spiro atoms. The van der Waals surface area contributed by atoms with Crippen LogP contribution in [0.3, 0.4) is 0 Å². The molecule has 0 radical (unpaired) electrons. The van der Waals surface area contributed by atoms with Gasteiger partial charge >= 0.3 is 0 Å². The molecule has 90 valence electrons. The Morgan fingerprint density at radius 3 is 2.88 bits per heavy atom. The minimum atomic E-state index is -0.0595. The van der Waals surface area contributed by atoms with E-state index >= 15 is 0 Å². The molecule has 0 aliphatic heterocycles. The van der Waals surface area contributed by atoms with Crippen molar-refractivity contribution in [1.82, 2.24) is 4.98 Å². The molecule has 1 fully saturated rings. The summed E-state index contributed by atoms with van der Waals surface area (Å²) in [5.41, 5.74) is 3.08. The molecular weight excluding hydrogens is 218 g/mol. The van der Waals surface area contributed by atoms with Gasteiger partial charge in [-0.05, 0) is 44.9 Å². The topological polar surface area (TPSA) is 33.1 Å². The number of aryl methyl sites for hydroxylation is 2. The van der Waals surface area contributed by atoms with Crippen LogP contribution in [0.4, 0.5) is 0 Å². The summed E-state index contributed by atoms with van der Waals surface area (Å²) in [6, 6.07) is 0. The zero-order valence-electron chi connectivity index (χ0n) is 9.98. The summed E-state index contributed by atoms with van der Waals surface area (Å²) < 4.78 is 0. The minimum absolute atomic E-state index is 0.0595. The SMILES string of the molecule is Cc1ncsc1CCCC(O)C1CCCC1. The first-order chi connectivity index (χ1) is 7.77. The van der Waals surface area contributed by atoms with E-state index in [4.69, 9.17) is 0 Å². The Kier molecular flexibility index (Phi) is 4.36. The molecule has 1 saturated carbocycles. The summed E-state index contributed by atoms with van der Waals surface area (Å²) in [5, 5.41) is 10.0. The lowest BCUT2D eigenvalue weighted by Crippen LogP contribution is -2.17. The van der Waals surface area contributed by atoms with Crippen molar-refractivity contribution in [1.29, 1.82) is 0 Å². The van der Waals surface area contributed by atoms with Gasteiger partial charge in [-0.15, -0.1) is 11.3 Å². The molecule has 2 rings (SSSR count). The highest BCUT2D eigenvalue weighted by atomic mass is 32.1. The highest BCUT2D eigenvalue weighted by Gasteiger charge is 2.22. The molecule has 1 heterocycles. The molecule has 1 aliphatic carbocycles. The maximum atomic E-state index is 10.0. The first-order valence-corrected chi connectivity index (χ1v) is 7.22. The smallest absolute Gasteiger partial charge is 0.0797 e. The van der Waals surface area contributed by atoms with Crippen molar-refractivity contribution in [3.63, 3.8) is 0 Å². The third-order valence-corrected chi connectivity index (χ3v) is 4.69. The Balaban J connectivity index is 1.69. The van der Waals surface area contributed by atoms with E-state index in [0.29, 0.717) is 5.92 Å². The van der Waals surface area contributed by atoms with Crippen molar-refractivity contribution in [2.75, 3.05) is 0 Å². The quantitative estimate of drug-likeness (QED) is 0.855. The van der Waals surface area contributed by atoms with Crippen LogP contribution in [0.25, 0.3) is 0 Å². The van der Waals surface area contributed by atoms with E-state index in [-0.39, 0.29) is 6.10 Å². The fourth-order valence-corrected chi connectivity index (χ4v) is 3.44. The van der Waals surface area contributed by atoms with Crippen molar-refractivity contribution in [2.45, 2.75) is 58.0 Å². The molecule has 1 atom stereocenters. The van der Waals surface area contributed by atoms with Gasteiger partial charge in [0.15, 0.2) is 0 Å². The highest BCUT2D eigenvalue weighted by molar-refractivity contribution is 7.09. The Hall–Kier alpha value is -0.410. The fraction of sp³-hybridized carbons (Fsp3) is 0.769. The van der Waals surface area contributed by atoms with Gasteiger partial charge in [0.1, 0.15) is 0 Å². The fourth-order valence-electron chi connectivity index (χ4n) is 2.62. The van der Waals surface area contributed by atoms with Gasteiger partial charge in [-0.1, -0.05) is 12.8 Å². The average Bonchev–Trinajstić information content (AvgIpc) is 2.90. The summed E-state index contributed by atoms with van der Waals surface area (Å²) in [5.74, 6) is 0.586. The van der Waals surface area contributed by atoms with Crippen LogP contribution < -0.4 is 0 Å². The molecule has 1 unspecified atom stereocenters. The van der Waals surface area contributed by atoms with Gasteiger partial charge in [0.2, 0.25) is 0 Å². The van der Waals surface area contributed by atoms with E-state index < -0.39 is 0 Å². The number of aliphatic hydroxyl groups is 1. The first kappa shape index (κ1) is 12.1. The van der Waals surface area contributed by atoms with Crippen molar-refractivity contribution in [3.05, 3.63) is 16.1 Å². The first-order valence-electron chi connectivity index (χ1n) is 6.34. The van der Waals surface area contributed by atoms with Crippen LogP contribution in [0.2, 0.25) is 0 Å². The molecule has 0 saturated heterocycles. The molecule has 1 N–H and O–H groups in total. The standard InChI is InChI=1S/C13H21NOS/c1-10-13(16-9-14-10)8-4-7-12(15)11-5-2-3-6-11/h9,11-12,15H,2-8H2,1H3. The number of hydrogen-bond donors (Lipinski definition) is 1. The molecule has 0 amide bonds. The molecule has 1 aliphatic rings. The summed E-state index contributed by atoms with van der Waals surface area (Å²) in [4.78, 5) is 5.64. The third-order valence-electron chi connectivity index (χ3n) is 3.69. The number of hydrogen-bond acceptors (Lipinski definition) is 3. The third kappa shape index (κ3) is 3.05. The van der Waals surface area contributed by atoms with E-state index in [1.807, 2.05) is 5.51 Å². The van der Waals surface area contributed by atoms with Gasteiger partial charge in [-0.2, -0.15) is 0 Å². The number of aliphatic hydroxyl groups excluding tert-OH is 1. The molecule has 0 bridgehead atoms. The Labute approximate surface area is 102 Å². The second kappa shape index (κ2) is 5.78. The maximum Gasteiger partial charge on any atom is 0.0797 e. The van der Waals surface area contributed by atoms with Crippen molar-refractivity contribution < 1.29 is 5.11 Å². The van der Waals surface area contributed by atoms with Crippen LogP contribution in [-0.2, 0) is 6.42 Å². The predicted molar refractivity (Wildman–Crippen MR) is 67.8 cm³/mol. The molecular formula is C13H21NOS. The number of thiazole rings is 1. The Bertz CT molecular complexity index is 317. The van der Waals surface area contributed by atoms with E-state index in [0.717, 1.165) is 19.3 Å². The average molecular weight is 239 g/mol. The largest absolute Gasteiger partial charge is 0.393 e. The van der Waals surface area contributed by atoms with Gasteiger partial charge < -0.3 is 5.11 Å². The van der Waals surface area contributed by atoms with E-state index in [1.165, 1.54) is 36.3 Å². The second-order valence-corrected chi connectivity index (χ2v) is 5.80. The van der Waals surface area contributed by atoms with Crippen LogP contribution in [0.5, 0.6) is 0 Å². The minimum Gasteiger partial charge on any atom is -0.393 e. The lowest BCUT2D eigenvalue weighted by atomic mass is 9.96. The van der Waals surface area contributed by atoms with Gasteiger partial charge in [0.25, 0.3) is 0 Å². The Morgan fingerprint density at radius 1 is 1.50 bits per heavy atom. The molecule has 3 heteroatoms. The second-order valence-electron chi connectivity index (χ2n) is 4.87. The Morgan fingerprint density at radius 2 is 2.25 bits per heavy atom. The highest BCUT2D eigenvalue weighted by Crippen LogP contribution is 2.29. The molecule has 0 aromatic carbocycles. The summed E-state index contributed by atoms with van der Waals surface area (Å²) in [7, 11) is 0. The van der Waals surface area contributed by atoms with Crippen molar-refractivity contribution >= 4 is 11.3 Å². The molecule has 1 aromatic rings. The van der Waals surface area contributed by atoms with Crippen LogP contribution in [0.1, 0.15) is 49.1 Å². The van der Waals surface area contributed by atoms with E-state index in [9.17, 15) is 5.11 Å². The summed E-state index contributed by atoms with van der Waals surface area (Å²) in [6.45, 7) is 2.07. The summed E-state index contributed by atoms with van der Waals surface area (Å²) >= 11 is 1.74. The van der Waals surface area contributed by atoms with Gasteiger partial charge in [0.05, 0.1) is 17.3 Å². The number of rotatable bonds is 5. The summed E-state index contributed by atoms with van der Waals surface area (Å²) in [6.07, 6.45) is 8.19. The normalized spacial score (nSPS) is 19.1. The van der Waals surface area contributed by atoms with Gasteiger partial charge in [0, 0.05) is 4.88 Å². The maximum absolute atomic E-state index is 10.0. The molecule has 2 nitrogen and oxygen atoms in total. The van der Waals surface area contributed by atoms with Crippen LogP contribution in [0, 0.1) is 12.8 Å². The number of nitrogens with zero attached hydrogens (tertiary/aromatic N) is 1. The van der Waals surface area contributed by atoms with E-state index in [2.05, 4.69) is 11.9 Å². The zero-order valence-corrected chi connectivity index (χ0v) is 10.8. The zero-order chi connectivity index (χ0) is 11.4. The lowest BCUT2D eigenvalue weighted by Gasteiger charge is -2.17. The predicted octanol–water partition coefficient (Wildman–Crippen LogP) is 3.33. The number of aromatic nitrogens is 1. The van der Waals surface area contributed by atoms with Crippen molar-refractivity contribution in [2.24, 2.45) is 5.92 Å². The van der Waals surface area contributed by atoms with Crippen molar-refractivity contribution in [3.8, 4) is 0 Å². The molecule has 16 heavy (non-hydrogen) atoms.